The summed E-state index contributed by atoms with van der Waals surface area (Å²) in [5.74, 6) is 1.04. The van der Waals surface area contributed by atoms with E-state index >= 15 is 0 Å². The average molecular weight is 414 g/mol. The van der Waals surface area contributed by atoms with E-state index in [4.69, 9.17) is 4.98 Å². The summed E-state index contributed by atoms with van der Waals surface area (Å²) >= 11 is 0. The molecule has 25 heavy (non-hydrogen) atoms. The number of nitrogens with zero attached hydrogens (tertiary/aromatic N) is 4. The van der Waals surface area contributed by atoms with Gasteiger partial charge in [-0.3, -0.25) is 4.79 Å². The van der Waals surface area contributed by atoms with Crippen LogP contribution in [0.15, 0.2) is 4.79 Å². The molecule has 0 bridgehead atoms. The molecule has 130 valence electrons. The summed E-state index contributed by atoms with van der Waals surface area (Å²) in [5, 5.41) is 9.81. The van der Waals surface area contributed by atoms with Crippen LogP contribution in [0.1, 0.15) is 68.4 Å². The predicted octanol–water partition coefficient (Wildman–Crippen LogP) is 2.80. The largest absolute Gasteiger partial charge is 0.662 e. The molecule has 4 rings (SSSR count). The van der Waals surface area contributed by atoms with Gasteiger partial charge in [0.2, 0.25) is 0 Å². The monoisotopic (exact) mass is 414 g/mol. The molecule has 1 saturated heterocycles. The molecule has 0 amide bonds. The third kappa shape index (κ3) is 4.09. The second-order valence-electron chi connectivity index (χ2n) is 6.94. The maximum Gasteiger partial charge on any atom is 0.262 e. The van der Waals surface area contributed by atoms with E-state index in [0.717, 1.165) is 55.9 Å². The minimum absolute atomic E-state index is 0. The van der Waals surface area contributed by atoms with Crippen LogP contribution in [-0.2, 0) is 32.7 Å². The Labute approximate surface area is 175 Å². The summed E-state index contributed by atoms with van der Waals surface area (Å²) in [5.41, 5.74) is 1.52. The summed E-state index contributed by atoms with van der Waals surface area (Å²) in [7, 11) is 0. The van der Waals surface area contributed by atoms with Crippen molar-refractivity contribution in [3.8, 4) is 0 Å². The molecular weight excluding hydrogens is 390 g/mol. The Balaban J connectivity index is 0.00000113. The Kier molecular flexibility index (Phi) is 7.41. The Morgan fingerprint density at radius 1 is 1.16 bits per heavy atom. The van der Waals surface area contributed by atoms with Crippen molar-refractivity contribution in [3.63, 3.8) is 0 Å². The second-order valence-corrected chi connectivity index (χ2v) is 6.94. The Morgan fingerprint density at radius 3 is 2.60 bits per heavy atom. The van der Waals surface area contributed by atoms with Gasteiger partial charge >= 0.3 is 0 Å². The Hall–Kier alpha value is -0.521. The van der Waals surface area contributed by atoms with Gasteiger partial charge in [0, 0.05) is 41.1 Å². The fourth-order valence-electron chi connectivity index (χ4n) is 4.01. The summed E-state index contributed by atoms with van der Waals surface area (Å²) in [6.45, 7) is 3.61. The van der Waals surface area contributed by atoms with Gasteiger partial charge in [-0.1, -0.05) is 25.7 Å². The van der Waals surface area contributed by atoms with E-state index in [-0.39, 0.29) is 52.6 Å². The molecule has 2 fully saturated rings. The topological polar surface area (TPSA) is 77.7 Å². The maximum atomic E-state index is 12.6. The number of aromatic nitrogens is 4. The van der Waals surface area contributed by atoms with Crippen molar-refractivity contribution in [1.82, 2.24) is 19.7 Å². The van der Waals surface area contributed by atoms with Gasteiger partial charge in [0.05, 0.1) is 11.7 Å². The van der Waals surface area contributed by atoms with Gasteiger partial charge in [-0.25, -0.2) is 9.67 Å². The van der Waals surface area contributed by atoms with Crippen LogP contribution < -0.4 is 5.56 Å². The van der Waals surface area contributed by atoms with Crippen LogP contribution >= 0.6 is 0 Å². The molecule has 1 N–H and O–H groups in total. The molecule has 4 radical (unpaired) electrons. The molecule has 2 aromatic rings. The third-order valence-electron chi connectivity index (χ3n) is 5.28. The molecule has 6 nitrogen and oxygen atoms in total. The fourth-order valence-corrected chi connectivity index (χ4v) is 4.01. The molecule has 1 aliphatic carbocycles. The first kappa shape index (κ1) is 20.8. The molecule has 1 atom stereocenters. The summed E-state index contributed by atoms with van der Waals surface area (Å²) in [6, 6.07) is 0.387. The van der Waals surface area contributed by atoms with Gasteiger partial charge < -0.3 is 10.3 Å². The van der Waals surface area contributed by atoms with Crippen LogP contribution in [0.3, 0.4) is 0 Å². The van der Waals surface area contributed by atoms with Crippen LogP contribution in [0.4, 0.5) is 0 Å². The van der Waals surface area contributed by atoms with E-state index in [9.17, 15) is 4.79 Å². The number of nitrogens with one attached hydrogen (secondary N) is 1. The van der Waals surface area contributed by atoms with Crippen molar-refractivity contribution in [3.05, 3.63) is 27.2 Å². The zero-order valence-corrected chi connectivity index (χ0v) is 17.7. The van der Waals surface area contributed by atoms with Gasteiger partial charge in [-0.05, 0) is 32.1 Å². The average Bonchev–Trinajstić information content (AvgIpc) is 2.94. The number of aromatic amines is 1. The molecule has 2 aromatic heterocycles. The molecule has 1 unspecified atom stereocenters. The number of H-pyrrole nitrogens is 1. The number of piperidine rings is 1. The van der Waals surface area contributed by atoms with Gasteiger partial charge in [0.15, 0.2) is 5.65 Å². The molecule has 3 heterocycles. The van der Waals surface area contributed by atoms with Gasteiger partial charge in [-0.2, -0.15) is 5.10 Å². The Morgan fingerprint density at radius 2 is 1.92 bits per heavy atom. The fraction of sp³-hybridized carbons (Fsp3) is 0.706. The van der Waals surface area contributed by atoms with E-state index < -0.39 is 0 Å². The minimum atomic E-state index is -0.0462. The summed E-state index contributed by atoms with van der Waals surface area (Å²) in [4.78, 5) is 20.4. The Bertz CT molecular complexity index is 762. The van der Waals surface area contributed by atoms with E-state index in [1.165, 1.54) is 19.3 Å². The van der Waals surface area contributed by atoms with Crippen LogP contribution in [-0.4, -0.2) is 41.3 Å². The summed E-state index contributed by atoms with van der Waals surface area (Å²) < 4.78 is 2.03. The van der Waals surface area contributed by atoms with E-state index in [1.54, 1.807) is 0 Å². The number of aryl methyl sites for hydroxylation is 1. The van der Waals surface area contributed by atoms with E-state index in [2.05, 4.69) is 15.4 Å². The van der Waals surface area contributed by atoms with Crippen molar-refractivity contribution >= 4 is 19.4 Å². The first-order valence-corrected chi connectivity index (χ1v) is 8.86. The van der Waals surface area contributed by atoms with Crippen molar-refractivity contribution in [2.75, 3.05) is 13.1 Å². The van der Waals surface area contributed by atoms with Crippen LogP contribution in [0.2, 0.25) is 0 Å². The van der Waals surface area contributed by atoms with Crippen LogP contribution in [0, 0.1) is 6.92 Å². The quantitative estimate of drug-likeness (QED) is 0.768. The predicted molar refractivity (Wildman–Crippen MR) is 95.8 cm³/mol. The third-order valence-corrected chi connectivity index (χ3v) is 5.28. The first-order chi connectivity index (χ1) is 11.2. The number of hydrogen-bond acceptors (Lipinski definition) is 3. The molecule has 1 saturated carbocycles. The van der Waals surface area contributed by atoms with Gasteiger partial charge in [0.1, 0.15) is 11.2 Å². The number of hydrogen-bond donors (Lipinski definition) is 1. The number of fused-ring (bicyclic) bond motifs is 1. The molecular formula is C17H24BN5OY-. The van der Waals surface area contributed by atoms with Crippen molar-refractivity contribution in [2.24, 2.45) is 0 Å². The molecule has 0 spiro atoms. The van der Waals surface area contributed by atoms with Gasteiger partial charge in [0.25, 0.3) is 5.56 Å². The molecule has 2 aliphatic rings. The molecule has 8 heteroatoms. The minimum Gasteiger partial charge on any atom is -0.662 e. The van der Waals surface area contributed by atoms with E-state index in [0.29, 0.717) is 11.4 Å². The van der Waals surface area contributed by atoms with Crippen molar-refractivity contribution < 1.29 is 32.7 Å². The first-order valence-electron chi connectivity index (χ1n) is 8.86. The van der Waals surface area contributed by atoms with Crippen molar-refractivity contribution in [2.45, 2.75) is 63.8 Å². The SMILES string of the molecule is Cc1nn(C2CCCCC2)c2nc(C3CCC[N-]C3)[nH]c(=O)c12.[B].[Y]. The molecule has 1 aliphatic heterocycles. The maximum absolute atomic E-state index is 12.6. The van der Waals surface area contributed by atoms with Crippen LogP contribution in [0.25, 0.3) is 16.4 Å². The normalized spacial score (nSPS) is 21.6. The van der Waals surface area contributed by atoms with Crippen LogP contribution in [0.5, 0.6) is 0 Å². The van der Waals surface area contributed by atoms with Gasteiger partial charge in [-0.15, -0.1) is 13.1 Å². The van der Waals surface area contributed by atoms with E-state index in [1.807, 2.05) is 11.6 Å². The summed E-state index contributed by atoms with van der Waals surface area (Å²) in [6.07, 6.45) is 8.18. The zero-order chi connectivity index (χ0) is 15.8. The molecule has 0 aromatic carbocycles. The van der Waals surface area contributed by atoms with Crippen molar-refractivity contribution in [1.29, 1.82) is 0 Å². The standard InChI is InChI=1S/C17H24N5O.B.Y/c1-11-14-16(22(21-11)13-7-3-2-4-8-13)19-15(20-17(14)23)12-6-5-9-18-10-12;;/h12-13H,2-10H2,1H3,(H,19,20,23);;/q-1;;. The smallest absolute Gasteiger partial charge is 0.262 e. The second kappa shape index (κ2) is 8.92. The number of rotatable bonds is 2. The zero-order valence-electron chi connectivity index (χ0n) is 14.9.